The van der Waals surface area contributed by atoms with Gasteiger partial charge in [-0.25, -0.2) is 0 Å². The van der Waals surface area contributed by atoms with Crippen LogP contribution in [-0.2, 0) is 4.79 Å². The van der Waals surface area contributed by atoms with Crippen LogP contribution in [0.4, 0.5) is 18.9 Å². The number of alkyl halides is 3. The predicted octanol–water partition coefficient (Wildman–Crippen LogP) is 2.95. The summed E-state index contributed by atoms with van der Waals surface area (Å²) in [5.41, 5.74) is 0.505. The van der Waals surface area contributed by atoms with E-state index in [1.807, 2.05) is 13.8 Å². The van der Waals surface area contributed by atoms with E-state index in [9.17, 15) is 18.0 Å². The fourth-order valence-electron chi connectivity index (χ4n) is 1.42. The molecule has 0 saturated carbocycles. The van der Waals surface area contributed by atoms with Crippen molar-refractivity contribution in [3.05, 3.63) is 24.3 Å². The van der Waals surface area contributed by atoms with E-state index in [-0.39, 0.29) is 24.2 Å². The van der Waals surface area contributed by atoms with Gasteiger partial charge >= 0.3 is 6.18 Å². The highest BCUT2D eigenvalue weighted by Gasteiger charge is 2.28. The van der Waals surface area contributed by atoms with E-state index in [4.69, 9.17) is 0 Å². The summed E-state index contributed by atoms with van der Waals surface area (Å²) < 4.78 is 40.5. The van der Waals surface area contributed by atoms with Gasteiger partial charge in [0.25, 0.3) is 0 Å². The third-order valence-electron chi connectivity index (χ3n) is 2.76. The van der Waals surface area contributed by atoms with Crippen LogP contribution in [0.2, 0.25) is 0 Å². The number of carbonyl (C=O) groups is 1. The van der Waals surface area contributed by atoms with Crippen LogP contribution in [0, 0.1) is 0 Å². The van der Waals surface area contributed by atoms with Crippen molar-refractivity contribution in [1.29, 1.82) is 0 Å². The van der Waals surface area contributed by atoms with Gasteiger partial charge in [0.05, 0.1) is 6.54 Å². The molecule has 0 radical (unpaired) electrons. The minimum Gasteiger partial charge on any atom is -0.484 e. The Kier molecular flexibility index (Phi) is 6.48. The van der Waals surface area contributed by atoms with E-state index >= 15 is 0 Å². The number of halogens is 3. The van der Waals surface area contributed by atoms with Gasteiger partial charge in [-0.2, -0.15) is 13.2 Å². The monoisotopic (exact) mass is 304 g/mol. The van der Waals surface area contributed by atoms with Gasteiger partial charge in [-0.1, -0.05) is 6.92 Å². The Labute approximate surface area is 121 Å². The number of hydrogen-bond acceptors (Lipinski definition) is 3. The van der Waals surface area contributed by atoms with Crippen molar-refractivity contribution in [2.24, 2.45) is 0 Å². The lowest BCUT2D eigenvalue weighted by molar-refractivity contribution is -0.153. The minimum atomic E-state index is -4.37. The first-order valence-corrected chi connectivity index (χ1v) is 6.63. The fraction of sp³-hybridized carbons (Fsp3) is 0.500. The van der Waals surface area contributed by atoms with E-state index in [2.05, 4.69) is 15.4 Å². The average molecular weight is 304 g/mol. The lowest BCUT2D eigenvalue weighted by Crippen LogP contribution is -2.33. The van der Waals surface area contributed by atoms with Crippen molar-refractivity contribution in [2.45, 2.75) is 32.5 Å². The second kappa shape index (κ2) is 7.87. The molecule has 1 amide bonds. The van der Waals surface area contributed by atoms with Crippen LogP contribution < -0.4 is 15.4 Å². The minimum absolute atomic E-state index is 0.100. The Hall–Kier alpha value is -1.76. The molecule has 0 aromatic heterocycles. The van der Waals surface area contributed by atoms with Crippen molar-refractivity contribution in [3.8, 4) is 5.75 Å². The molecule has 0 spiro atoms. The molecule has 1 rings (SSSR count). The topological polar surface area (TPSA) is 50.4 Å². The summed E-state index contributed by atoms with van der Waals surface area (Å²) >= 11 is 0. The van der Waals surface area contributed by atoms with Crippen LogP contribution >= 0.6 is 0 Å². The van der Waals surface area contributed by atoms with E-state index in [0.717, 1.165) is 6.42 Å². The largest absolute Gasteiger partial charge is 0.484 e. The normalized spacial score (nSPS) is 12.8. The third kappa shape index (κ3) is 7.55. The first kappa shape index (κ1) is 17.3. The standard InChI is InChI=1S/C14H19F3N2O2/c1-3-10(2)18-8-13(20)19-11-4-6-12(7-5-11)21-9-14(15,16)17/h4-7,10,18H,3,8-9H2,1-2H3,(H,19,20). The van der Waals surface area contributed by atoms with E-state index < -0.39 is 12.8 Å². The van der Waals surface area contributed by atoms with Crippen molar-refractivity contribution >= 4 is 11.6 Å². The molecule has 0 aliphatic carbocycles. The predicted molar refractivity (Wildman–Crippen MR) is 74.4 cm³/mol. The summed E-state index contributed by atoms with van der Waals surface area (Å²) in [5, 5.41) is 5.68. The molecule has 0 saturated heterocycles. The number of anilines is 1. The Morgan fingerprint density at radius 1 is 1.29 bits per heavy atom. The van der Waals surface area contributed by atoms with Crippen molar-refractivity contribution < 1.29 is 22.7 Å². The van der Waals surface area contributed by atoms with Gasteiger partial charge in [-0.15, -0.1) is 0 Å². The molecule has 1 atom stereocenters. The summed E-state index contributed by atoms with van der Waals surface area (Å²) in [6.45, 7) is 2.83. The fourth-order valence-corrected chi connectivity index (χ4v) is 1.42. The summed E-state index contributed by atoms with van der Waals surface area (Å²) in [4.78, 5) is 11.6. The number of nitrogens with one attached hydrogen (secondary N) is 2. The molecule has 0 aliphatic rings. The van der Waals surface area contributed by atoms with Gasteiger partial charge in [0.2, 0.25) is 5.91 Å². The van der Waals surface area contributed by atoms with Crippen LogP contribution in [0.1, 0.15) is 20.3 Å². The molecule has 1 aromatic rings. The first-order valence-electron chi connectivity index (χ1n) is 6.63. The summed E-state index contributed by atoms with van der Waals surface area (Å²) in [5.74, 6) is -0.109. The van der Waals surface area contributed by atoms with Gasteiger partial charge in [0.15, 0.2) is 6.61 Å². The van der Waals surface area contributed by atoms with Crippen LogP contribution in [0.25, 0.3) is 0 Å². The van der Waals surface area contributed by atoms with Gasteiger partial charge in [0.1, 0.15) is 5.75 Å². The smallest absolute Gasteiger partial charge is 0.422 e. The average Bonchev–Trinajstić information content (AvgIpc) is 2.43. The van der Waals surface area contributed by atoms with Gasteiger partial charge in [-0.05, 0) is 37.6 Å². The molecule has 21 heavy (non-hydrogen) atoms. The number of hydrogen-bond donors (Lipinski definition) is 2. The highest BCUT2D eigenvalue weighted by Crippen LogP contribution is 2.20. The number of benzene rings is 1. The van der Waals surface area contributed by atoms with E-state index in [0.29, 0.717) is 5.69 Å². The van der Waals surface area contributed by atoms with Gasteiger partial charge < -0.3 is 15.4 Å². The summed E-state index contributed by atoms with van der Waals surface area (Å²) in [6.07, 6.45) is -3.45. The van der Waals surface area contributed by atoms with Crippen LogP contribution in [0.15, 0.2) is 24.3 Å². The second-order valence-corrected chi connectivity index (χ2v) is 4.67. The number of ether oxygens (including phenoxy) is 1. The summed E-state index contributed by atoms with van der Waals surface area (Å²) in [6, 6.07) is 5.99. The third-order valence-corrected chi connectivity index (χ3v) is 2.76. The molecule has 0 aliphatic heterocycles. The molecule has 1 unspecified atom stereocenters. The molecule has 0 bridgehead atoms. The van der Waals surface area contributed by atoms with Gasteiger partial charge in [0, 0.05) is 11.7 Å². The Morgan fingerprint density at radius 3 is 2.43 bits per heavy atom. The molecule has 0 heterocycles. The van der Waals surface area contributed by atoms with Gasteiger partial charge in [-0.3, -0.25) is 4.79 Å². The number of rotatable bonds is 7. The van der Waals surface area contributed by atoms with Crippen molar-refractivity contribution in [2.75, 3.05) is 18.5 Å². The Balaban J connectivity index is 2.42. The zero-order chi connectivity index (χ0) is 15.9. The lowest BCUT2D eigenvalue weighted by Gasteiger charge is -2.12. The van der Waals surface area contributed by atoms with Crippen molar-refractivity contribution in [1.82, 2.24) is 5.32 Å². The van der Waals surface area contributed by atoms with E-state index in [1.165, 1.54) is 24.3 Å². The highest BCUT2D eigenvalue weighted by atomic mass is 19.4. The van der Waals surface area contributed by atoms with Crippen molar-refractivity contribution in [3.63, 3.8) is 0 Å². The maximum absolute atomic E-state index is 12.0. The molecule has 1 aromatic carbocycles. The SMILES string of the molecule is CCC(C)NCC(=O)Nc1ccc(OCC(F)(F)F)cc1. The maximum Gasteiger partial charge on any atom is 0.422 e. The van der Waals surface area contributed by atoms with Crippen LogP contribution in [0.5, 0.6) is 5.75 Å². The number of carbonyl (C=O) groups excluding carboxylic acids is 1. The van der Waals surface area contributed by atoms with E-state index in [1.54, 1.807) is 0 Å². The molecular formula is C14H19F3N2O2. The molecule has 4 nitrogen and oxygen atoms in total. The van der Waals surface area contributed by atoms with Crippen LogP contribution in [0.3, 0.4) is 0 Å². The molecule has 118 valence electrons. The Bertz CT molecular complexity index is 447. The van der Waals surface area contributed by atoms with Crippen LogP contribution in [-0.4, -0.2) is 31.3 Å². The second-order valence-electron chi connectivity index (χ2n) is 4.67. The molecule has 2 N–H and O–H groups in total. The zero-order valence-electron chi connectivity index (χ0n) is 12.0. The number of amides is 1. The maximum atomic E-state index is 12.0. The highest BCUT2D eigenvalue weighted by molar-refractivity contribution is 5.92. The first-order chi connectivity index (χ1) is 9.80. The lowest BCUT2D eigenvalue weighted by atomic mass is 10.2. The molecule has 0 fully saturated rings. The quantitative estimate of drug-likeness (QED) is 0.814. The Morgan fingerprint density at radius 2 is 1.90 bits per heavy atom. The zero-order valence-corrected chi connectivity index (χ0v) is 12.0. The molecule has 7 heteroatoms. The molecular weight excluding hydrogens is 285 g/mol. The summed E-state index contributed by atoms with van der Waals surface area (Å²) in [7, 11) is 0.